The van der Waals surface area contributed by atoms with E-state index in [2.05, 4.69) is 11.9 Å². The standard InChI is InChI=1S/C21H23N3O3S/c1-4-11-23(13-17-6-5-12-28-17)18(25)14-24-19(26)21(3,22-20(24)27)16-9-7-15(2)8-10-16/h4-10,12H,1,11,13-14H2,2-3H3,(H,22,27)/t21-/m1/s1. The van der Waals surface area contributed by atoms with Gasteiger partial charge in [0.1, 0.15) is 12.1 Å². The molecule has 0 saturated carbocycles. The van der Waals surface area contributed by atoms with Gasteiger partial charge in [-0.05, 0) is 30.9 Å². The summed E-state index contributed by atoms with van der Waals surface area (Å²) in [5, 5.41) is 4.68. The van der Waals surface area contributed by atoms with E-state index in [0.717, 1.165) is 15.3 Å². The number of hydrogen-bond acceptors (Lipinski definition) is 4. The minimum absolute atomic E-state index is 0.300. The van der Waals surface area contributed by atoms with Crippen LogP contribution in [0.1, 0.15) is 22.9 Å². The Hall–Kier alpha value is -2.93. The first-order chi connectivity index (χ1) is 13.3. The third-order valence-corrected chi connectivity index (χ3v) is 5.69. The second kappa shape index (κ2) is 7.98. The molecule has 1 aromatic carbocycles. The summed E-state index contributed by atoms with van der Waals surface area (Å²) >= 11 is 1.55. The average molecular weight is 398 g/mol. The first-order valence-corrected chi connectivity index (χ1v) is 9.85. The lowest BCUT2D eigenvalue weighted by Gasteiger charge is -2.24. The molecule has 1 fully saturated rings. The third kappa shape index (κ3) is 3.84. The van der Waals surface area contributed by atoms with Crippen molar-refractivity contribution in [3.8, 4) is 0 Å². The average Bonchev–Trinajstić information content (AvgIpc) is 3.25. The van der Waals surface area contributed by atoms with Crippen LogP contribution in [0.3, 0.4) is 0 Å². The molecule has 146 valence electrons. The molecule has 7 heteroatoms. The molecule has 0 radical (unpaired) electrons. The molecule has 0 unspecified atom stereocenters. The number of urea groups is 1. The maximum absolute atomic E-state index is 13.0. The number of carbonyl (C=O) groups excluding carboxylic acids is 3. The molecule has 1 aromatic heterocycles. The second-order valence-electron chi connectivity index (χ2n) is 6.95. The Morgan fingerprint density at radius 1 is 1.29 bits per heavy atom. The van der Waals surface area contributed by atoms with Crippen LogP contribution in [0.4, 0.5) is 4.79 Å². The summed E-state index contributed by atoms with van der Waals surface area (Å²) in [4.78, 5) is 41.9. The fourth-order valence-electron chi connectivity index (χ4n) is 3.16. The van der Waals surface area contributed by atoms with Crippen LogP contribution < -0.4 is 5.32 Å². The highest BCUT2D eigenvalue weighted by Crippen LogP contribution is 2.29. The first kappa shape index (κ1) is 19.8. The fraction of sp³-hybridized carbons (Fsp3) is 0.286. The minimum atomic E-state index is -1.18. The Balaban J connectivity index is 1.76. The van der Waals surface area contributed by atoms with Gasteiger partial charge in [0.05, 0.1) is 6.54 Å². The molecule has 28 heavy (non-hydrogen) atoms. The molecule has 1 N–H and O–H groups in total. The van der Waals surface area contributed by atoms with Gasteiger partial charge in [-0.15, -0.1) is 17.9 Å². The van der Waals surface area contributed by atoms with E-state index in [1.165, 1.54) is 0 Å². The van der Waals surface area contributed by atoms with Crippen molar-refractivity contribution in [2.75, 3.05) is 13.1 Å². The Bertz CT molecular complexity index is 892. The lowest BCUT2D eigenvalue weighted by molar-refractivity contribution is -0.138. The second-order valence-corrected chi connectivity index (χ2v) is 7.99. The molecule has 1 aliphatic rings. The van der Waals surface area contributed by atoms with Crippen LogP contribution in [0.15, 0.2) is 54.4 Å². The highest BCUT2D eigenvalue weighted by molar-refractivity contribution is 7.09. The quantitative estimate of drug-likeness (QED) is 0.577. The SMILES string of the molecule is C=CCN(Cc1cccs1)C(=O)CN1C(=O)N[C@](C)(c2ccc(C)cc2)C1=O. The monoisotopic (exact) mass is 397 g/mol. The van der Waals surface area contributed by atoms with Gasteiger partial charge in [0.15, 0.2) is 0 Å². The maximum atomic E-state index is 13.0. The van der Waals surface area contributed by atoms with Gasteiger partial charge in [-0.25, -0.2) is 4.79 Å². The zero-order valence-corrected chi connectivity index (χ0v) is 16.8. The van der Waals surface area contributed by atoms with Gasteiger partial charge in [-0.3, -0.25) is 14.5 Å². The maximum Gasteiger partial charge on any atom is 0.325 e. The summed E-state index contributed by atoms with van der Waals surface area (Å²) in [7, 11) is 0. The van der Waals surface area contributed by atoms with E-state index in [1.807, 2.05) is 48.7 Å². The zero-order chi connectivity index (χ0) is 20.3. The van der Waals surface area contributed by atoms with Crippen LogP contribution in [0.5, 0.6) is 0 Å². The third-order valence-electron chi connectivity index (χ3n) is 4.83. The van der Waals surface area contributed by atoms with Crippen LogP contribution in [0, 0.1) is 6.92 Å². The molecule has 4 amide bonds. The predicted molar refractivity (Wildman–Crippen MR) is 109 cm³/mol. The molecular formula is C21H23N3O3S. The molecule has 1 saturated heterocycles. The number of aryl methyl sites for hydroxylation is 1. The zero-order valence-electron chi connectivity index (χ0n) is 16.0. The molecular weight excluding hydrogens is 374 g/mol. The molecule has 1 aliphatic heterocycles. The van der Waals surface area contributed by atoms with E-state index in [-0.39, 0.29) is 12.5 Å². The Morgan fingerprint density at radius 3 is 2.61 bits per heavy atom. The summed E-state index contributed by atoms with van der Waals surface area (Å²) in [6.07, 6.45) is 1.63. The largest absolute Gasteiger partial charge is 0.332 e. The Kier molecular flexibility index (Phi) is 5.65. The van der Waals surface area contributed by atoms with E-state index in [4.69, 9.17) is 0 Å². The Labute approximate surface area is 168 Å². The van der Waals surface area contributed by atoms with E-state index in [0.29, 0.717) is 18.7 Å². The lowest BCUT2D eigenvalue weighted by atomic mass is 9.91. The molecule has 0 aliphatic carbocycles. The smallest absolute Gasteiger partial charge is 0.325 e. The number of imide groups is 1. The number of benzene rings is 1. The normalized spacial score (nSPS) is 18.9. The van der Waals surface area contributed by atoms with E-state index < -0.39 is 17.5 Å². The van der Waals surface area contributed by atoms with Gasteiger partial charge in [-0.1, -0.05) is 42.0 Å². The summed E-state index contributed by atoms with van der Waals surface area (Å²) in [6, 6.07) is 10.7. The van der Waals surface area contributed by atoms with Crippen molar-refractivity contribution in [3.63, 3.8) is 0 Å². The lowest BCUT2D eigenvalue weighted by Crippen LogP contribution is -2.44. The highest BCUT2D eigenvalue weighted by atomic mass is 32.1. The minimum Gasteiger partial charge on any atom is -0.332 e. The van der Waals surface area contributed by atoms with Crippen molar-refractivity contribution in [1.29, 1.82) is 0 Å². The number of hydrogen-bond donors (Lipinski definition) is 1. The summed E-state index contributed by atoms with van der Waals surface area (Å²) in [5.74, 6) is -0.727. The number of carbonyl (C=O) groups is 3. The molecule has 0 spiro atoms. The highest BCUT2D eigenvalue weighted by Gasteiger charge is 2.49. The van der Waals surface area contributed by atoms with E-state index >= 15 is 0 Å². The van der Waals surface area contributed by atoms with Gasteiger partial charge >= 0.3 is 6.03 Å². The molecule has 2 heterocycles. The summed E-state index contributed by atoms with van der Waals surface area (Å²) < 4.78 is 0. The van der Waals surface area contributed by atoms with Crippen molar-refractivity contribution < 1.29 is 14.4 Å². The number of nitrogens with one attached hydrogen (secondary N) is 1. The van der Waals surface area contributed by atoms with Gasteiger partial charge < -0.3 is 10.2 Å². The molecule has 0 bridgehead atoms. The van der Waals surface area contributed by atoms with Crippen LogP contribution in [0.2, 0.25) is 0 Å². The van der Waals surface area contributed by atoms with Crippen molar-refractivity contribution in [2.24, 2.45) is 0 Å². The summed E-state index contributed by atoms with van der Waals surface area (Å²) in [5.41, 5.74) is 0.569. The number of thiophene rings is 1. The van der Waals surface area contributed by atoms with Crippen LogP contribution in [-0.4, -0.2) is 40.7 Å². The van der Waals surface area contributed by atoms with Crippen LogP contribution in [-0.2, 0) is 21.7 Å². The van der Waals surface area contributed by atoms with Gasteiger partial charge in [0.25, 0.3) is 5.91 Å². The summed E-state index contributed by atoms with van der Waals surface area (Å²) in [6.45, 7) is 7.77. The molecule has 6 nitrogen and oxygen atoms in total. The van der Waals surface area contributed by atoms with Crippen molar-refractivity contribution in [3.05, 3.63) is 70.4 Å². The molecule has 1 atom stereocenters. The topological polar surface area (TPSA) is 69.7 Å². The first-order valence-electron chi connectivity index (χ1n) is 8.97. The van der Waals surface area contributed by atoms with Crippen molar-refractivity contribution >= 4 is 29.2 Å². The number of rotatable bonds is 7. The fourth-order valence-corrected chi connectivity index (χ4v) is 3.88. The van der Waals surface area contributed by atoms with E-state index in [1.54, 1.807) is 29.2 Å². The van der Waals surface area contributed by atoms with Gasteiger partial charge in [0, 0.05) is 11.4 Å². The van der Waals surface area contributed by atoms with Crippen LogP contribution in [0.25, 0.3) is 0 Å². The van der Waals surface area contributed by atoms with Crippen LogP contribution >= 0.6 is 11.3 Å². The molecule has 2 aromatic rings. The van der Waals surface area contributed by atoms with Gasteiger partial charge in [-0.2, -0.15) is 0 Å². The van der Waals surface area contributed by atoms with E-state index in [9.17, 15) is 14.4 Å². The number of nitrogens with zero attached hydrogens (tertiary/aromatic N) is 2. The van der Waals surface area contributed by atoms with Crippen molar-refractivity contribution in [1.82, 2.24) is 15.1 Å². The van der Waals surface area contributed by atoms with Crippen molar-refractivity contribution in [2.45, 2.75) is 25.9 Å². The Morgan fingerprint density at radius 2 is 2.00 bits per heavy atom. The number of amides is 4. The van der Waals surface area contributed by atoms with Gasteiger partial charge in [0.2, 0.25) is 5.91 Å². The molecule has 3 rings (SSSR count). The predicted octanol–water partition coefficient (Wildman–Crippen LogP) is 3.04.